The Morgan fingerprint density at radius 1 is 0.524 bits per heavy atom. The molecule has 0 saturated carbocycles. The van der Waals surface area contributed by atoms with Crippen LogP contribution >= 0.6 is 0 Å². The topological polar surface area (TPSA) is 248 Å². The van der Waals surface area contributed by atoms with Crippen LogP contribution in [-0.4, -0.2) is 151 Å². The van der Waals surface area contributed by atoms with Gasteiger partial charge >= 0.3 is 0 Å². The molecule has 2 unspecified atom stereocenters. The van der Waals surface area contributed by atoms with Crippen LogP contribution in [0.15, 0.2) is 0 Å². The lowest BCUT2D eigenvalue weighted by molar-refractivity contribution is -0.123. The van der Waals surface area contributed by atoms with Gasteiger partial charge in [-0.15, -0.1) is 0 Å². The van der Waals surface area contributed by atoms with Gasteiger partial charge < -0.3 is 61.2 Å². The van der Waals surface area contributed by atoms with E-state index >= 15 is 0 Å². The van der Waals surface area contributed by atoms with Gasteiger partial charge in [-0.05, 0) is 38.8 Å². The standard InChI is InChI=1S/C26H52N8O8/c27-5-1-9-37-13-17-41-19-15-39-11-3-7-33-21(25(31)35)24(30)34(22(23(33)29)26(32)36)8-4-12-40-16-20-42-18-14-38-10-2-6-28/h21-22,29-30H,1-20,27-28H2,(H2,31,35)(H2,32,36). The summed E-state index contributed by atoms with van der Waals surface area (Å²) in [5, 5.41) is 17.3. The van der Waals surface area contributed by atoms with E-state index in [1.165, 1.54) is 9.80 Å². The lowest BCUT2D eigenvalue weighted by Gasteiger charge is -2.46. The van der Waals surface area contributed by atoms with E-state index in [2.05, 4.69) is 0 Å². The molecule has 1 aliphatic rings. The van der Waals surface area contributed by atoms with Gasteiger partial charge in [-0.2, -0.15) is 0 Å². The van der Waals surface area contributed by atoms with Crippen molar-refractivity contribution >= 4 is 23.5 Å². The van der Waals surface area contributed by atoms with Crippen LogP contribution in [0.25, 0.3) is 0 Å². The highest BCUT2D eigenvalue weighted by molar-refractivity contribution is 6.17. The minimum absolute atomic E-state index is 0.178. The first-order valence-corrected chi connectivity index (χ1v) is 14.5. The summed E-state index contributed by atoms with van der Waals surface area (Å²) in [4.78, 5) is 27.3. The van der Waals surface area contributed by atoms with Gasteiger partial charge in [-0.25, -0.2) is 0 Å². The van der Waals surface area contributed by atoms with E-state index in [1.807, 2.05) is 0 Å². The number of nitrogens with zero attached hydrogens (tertiary/aromatic N) is 2. The fourth-order valence-electron chi connectivity index (χ4n) is 4.09. The summed E-state index contributed by atoms with van der Waals surface area (Å²) >= 11 is 0. The van der Waals surface area contributed by atoms with Crippen molar-refractivity contribution in [2.24, 2.45) is 22.9 Å². The summed E-state index contributed by atoms with van der Waals surface area (Å²) < 4.78 is 32.7. The largest absolute Gasteiger partial charge is 0.379 e. The number of ether oxygens (including phenoxy) is 6. The Balaban J connectivity index is 2.40. The number of rotatable bonds is 28. The monoisotopic (exact) mass is 604 g/mol. The van der Waals surface area contributed by atoms with Crippen molar-refractivity contribution in [3.05, 3.63) is 0 Å². The van der Waals surface area contributed by atoms with Crippen LogP contribution < -0.4 is 22.9 Å². The highest BCUT2D eigenvalue weighted by atomic mass is 16.5. The molecule has 1 heterocycles. The minimum atomic E-state index is -1.20. The summed E-state index contributed by atoms with van der Waals surface area (Å²) in [6.45, 7) is 6.84. The molecule has 0 aromatic rings. The summed E-state index contributed by atoms with van der Waals surface area (Å²) in [7, 11) is 0. The number of amidine groups is 2. The second-order valence-electron chi connectivity index (χ2n) is 9.43. The molecule has 10 N–H and O–H groups in total. The van der Waals surface area contributed by atoms with Crippen LogP contribution in [0.1, 0.15) is 25.7 Å². The highest BCUT2D eigenvalue weighted by Gasteiger charge is 2.46. The average molecular weight is 605 g/mol. The molecular weight excluding hydrogens is 552 g/mol. The number of nitrogens with one attached hydrogen (secondary N) is 2. The lowest BCUT2D eigenvalue weighted by atomic mass is 10.0. The van der Waals surface area contributed by atoms with E-state index in [0.717, 1.165) is 12.8 Å². The fraction of sp³-hybridized carbons (Fsp3) is 0.846. The SMILES string of the molecule is N=C1C(C(N)=O)N(CCCOCCOCCOCCCN)C(=N)C(C(N)=O)N1CCCOCCOCCOCCCN. The van der Waals surface area contributed by atoms with Gasteiger partial charge in [-0.1, -0.05) is 0 Å². The van der Waals surface area contributed by atoms with E-state index in [4.69, 9.17) is 62.2 Å². The van der Waals surface area contributed by atoms with Crippen LogP contribution in [0.4, 0.5) is 0 Å². The third kappa shape index (κ3) is 15.2. The summed E-state index contributed by atoms with van der Waals surface area (Å²) in [5.74, 6) is -1.94. The van der Waals surface area contributed by atoms with Gasteiger partial charge in [0.15, 0.2) is 12.1 Å². The Kier molecular flexibility index (Phi) is 21.5. The molecule has 0 aliphatic carbocycles. The normalized spacial score (nSPS) is 17.3. The van der Waals surface area contributed by atoms with Gasteiger partial charge in [0.1, 0.15) is 11.7 Å². The van der Waals surface area contributed by atoms with E-state index in [9.17, 15) is 9.59 Å². The Labute approximate surface area is 248 Å². The van der Waals surface area contributed by atoms with E-state index in [1.54, 1.807) is 0 Å². The first-order chi connectivity index (χ1) is 20.4. The average Bonchev–Trinajstić information content (AvgIpc) is 2.95. The number of carbonyl (C=O) groups excluding carboxylic acids is 2. The molecule has 1 rings (SSSR count). The van der Waals surface area contributed by atoms with Gasteiger partial charge in [0.25, 0.3) is 0 Å². The van der Waals surface area contributed by atoms with Crippen LogP contribution in [0, 0.1) is 10.8 Å². The smallest absolute Gasteiger partial charge is 0.248 e. The molecule has 0 aromatic carbocycles. The molecule has 0 spiro atoms. The molecule has 1 saturated heterocycles. The molecule has 0 aromatic heterocycles. The van der Waals surface area contributed by atoms with E-state index < -0.39 is 23.9 Å². The zero-order valence-electron chi connectivity index (χ0n) is 24.8. The Hall–Kier alpha value is -2.44. The predicted molar refractivity (Wildman–Crippen MR) is 156 cm³/mol. The summed E-state index contributed by atoms with van der Waals surface area (Å²) in [6, 6.07) is -2.39. The number of hydrogen-bond acceptors (Lipinski definition) is 12. The number of nitrogens with two attached hydrogens (primary N) is 4. The minimum Gasteiger partial charge on any atom is -0.379 e. The zero-order chi connectivity index (χ0) is 31.0. The molecule has 2 amide bonds. The van der Waals surface area contributed by atoms with Crippen molar-refractivity contribution in [3.8, 4) is 0 Å². The summed E-state index contributed by atoms with van der Waals surface area (Å²) in [6.07, 6.45) is 2.49. The summed E-state index contributed by atoms with van der Waals surface area (Å²) in [5.41, 5.74) is 22.0. The van der Waals surface area contributed by atoms with Crippen LogP contribution in [-0.2, 0) is 38.0 Å². The van der Waals surface area contributed by atoms with Crippen LogP contribution in [0.5, 0.6) is 0 Å². The van der Waals surface area contributed by atoms with Gasteiger partial charge in [-0.3, -0.25) is 20.4 Å². The molecule has 16 nitrogen and oxygen atoms in total. The third-order valence-corrected chi connectivity index (χ3v) is 6.15. The van der Waals surface area contributed by atoms with Crippen molar-refractivity contribution in [1.29, 1.82) is 10.8 Å². The molecular formula is C26H52N8O8. The quantitative estimate of drug-likeness (QED) is 0.0523. The first-order valence-electron chi connectivity index (χ1n) is 14.5. The van der Waals surface area contributed by atoms with E-state index in [0.29, 0.717) is 105 Å². The predicted octanol–water partition coefficient (Wildman–Crippen LogP) is -2.16. The van der Waals surface area contributed by atoms with E-state index in [-0.39, 0.29) is 24.8 Å². The maximum Gasteiger partial charge on any atom is 0.248 e. The maximum absolute atomic E-state index is 12.3. The van der Waals surface area contributed by atoms with Crippen LogP contribution in [0.2, 0.25) is 0 Å². The van der Waals surface area contributed by atoms with Crippen molar-refractivity contribution in [2.75, 3.05) is 105 Å². The van der Waals surface area contributed by atoms with Crippen molar-refractivity contribution < 1.29 is 38.0 Å². The highest BCUT2D eigenvalue weighted by Crippen LogP contribution is 2.20. The molecule has 0 radical (unpaired) electrons. The first kappa shape index (κ1) is 37.6. The van der Waals surface area contributed by atoms with Crippen molar-refractivity contribution in [2.45, 2.75) is 37.8 Å². The number of primary amides is 2. The molecule has 0 bridgehead atoms. The number of carbonyl (C=O) groups is 2. The number of amides is 2. The number of hydrogen-bond donors (Lipinski definition) is 6. The molecule has 16 heteroatoms. The van der Waals surface area contributed by atoms with Gasteiger partial charge in [0.2, 0.25) is 11.8 Å². The Morgan fingerprint density at radius 2 is 0.786 bits per heavy atom. The van der Waals surface area contributed by atoms with Crippen LogP contribution in [0.3, 0.4) is 0 Å². The maximum atomic E-state index is 12.3. The molecule has 1 fully saturated rings. The van der Waals surface area contributed by atoms with Gasteiger partial charge in [0, 0.05) is 39.5 Å². The number of piperazine rings is 1. The molecule has 42 heavy (non-hydrogen) atoms. The Bertz CT molecular complexity index is 717. The second kappa shape index (κ2) is 24.0. The second-order valence-corrected chi connectivity index (χ2v) is 9.43. The zero-order valence-corrected chi connectivity index (χ0v) is 24.8. The fourth-order valence-corrected chi connectivity index (χ4v) is 4.09. The molecule has 1 aliphatic heterocycles. The Morgan fingerprint density at radius 3 is 1.05 bits per heavy atom. The molecule has 2 atom stereocenters. The van der Waals surface area contributed by atoms with Crippen molar-refractivity contribution in [3.63, 3.8) is 0 Å². The van der Waals surface area contributed by atoms with Crippen molar-refractivity contribution in [1.82, 2.24) is 9.80 Å². The lowest BCUT2D eigenvalue weighted by Crippen LogP contribution is -2.70. The van der Waals surface area contributed by atoms with Gasteiger partial charge in [0.05, 0.1) is 52.9 Å². The third-order valence-electron chi connectivity index (χ3n) is 6.15. The molecule has 244 valence electrons.